The number of halogens is 3. The molecule has 28 heavy (non-hydrogen) atoms. The fraction of sp³-hybridized carbons (Fsp3) is 0.316. The maximum atomic E-state index is 13.4. The van der Waals surface area contributed by atoms with E-state index in [4.69, 9.17) is 0 Å². The van der Waals surface area contributed by atoms with Crippen LogP contribution in [0.3, 0.4) is 0 Å². The van der Waals surface area contributed by atoms with Gasteiger partial charge in [-0.15, -0.1) is 11.8 Å². The largest absolute Gasteiger partial charge is 0.419 e. The second-order valence-electron chi connectivity index (χ2n) is 6.31. The lowest BCUT2D eigenvalue weighted by atomic mass is 10.1. The Balaban J connectivity index is 1.93. The van der Waals surface area contributed by atoms with Crippen molar-refractivity contribution >= 4 is 23.4 Å². The van der Waals surface area contributed by atoms with E-state index in [0.29, 0.717) is 0 Å². The number of benzene rings is 1. The number of aromatic nitrogens is 4. The number of nitrogens with zero attached hydrogens (tertiary/aromatic N) is 4. The van der Waals surface area contributed by atoms with Crippen molar-refractivity contribution in [3.63, 3.8) is 0 Å². The van der Waals surface area contributed by atoms with E-state index in [0.717, 1.165) is 34.5 Å². The van der Waals surface area contributed by atoms with Crippen LogP contribution in [0.2, 0.25) is 0 Å². The average molecular weight is 407 g/mol. The van der Waals surface area contributed by atoms with Gasteiger partial charge in [-0.3, -0.25) is 4.68 Å². The van der Waals surface area contributed by atoms with Crippen LogP contribution in [0, 0.1) is 6.92 Å². The molecule has 148 valence electrons. The minimum Gasteiger partial charge on any atom is -0.324 e. The topological polar surface area (TPSA) is 55.6 Å². The summed E-state index contributed by atoms with van der Waals surface area (Å²) in [5.41, 5.74) is 0.897. The lowest BCUT2D eigenvalue weighted by molar-refractivity contribution is -0.137. The fourth-order valence-electron chi connectivity index (χ4n) is 2.62. The van der Waals surface area contributed by atoms with Gasteiger partial charge in [0.2, 0.25) is 5.95 Å². The van der Waals surface area contributed by atoms with Crippen LogP contribution < -0.4 is 5.32 Å². The van der Waals surface area contributed by atoms with Crippen LogP contribution in [0.5, 0.6) is 0 Å². The molecular weight excluding hydrogens is 387 g/mol. The molecule has 2 aromatic heterocycles. The van der Waals surface area contributed by atoms with Crippen LogP contribution in [0.1, 0.15) is 24.5 Å². The number of aryl methyl sites for hydroxylation is 2. The van der Waals surface area contributed by atoms with E-state index in [1.165, 1.54) is 17.1 Å². The Morgan fingerprint density at radius 2 is 2.00 bits per heavy atom. The van der Waals surface area contributed by atoms with Gasteiger partial charge in [-0.25, -0.2) is 9.97 Å². The lowest BCUT2D eigenvalue weighted by Crippen LogP contribution is -2.11. The van der Waals surface area contributed by atoms with E-state index in [9.17, 15) is 13.2 Å². The molecule has 0 atom stereocenters. The third-order valence-corrected chi connectivity index (χ3v) is 5.19. The van der Waals surface area contributed by atoms with Crippen LogP contribution in [-0.4, -0.2) is 25.5 Å². The first-order chi connectivity index (χ1) is 13.3. The Morgan fingerprint density at radius 3 is 2.61 bits per heavy atom. The molecule has 1 N–H and O–H groups in total. The Bertz CT molecular complexity index is 968. The number of anilines is 2. The van der Waals surface area contributed by atoms with Crippen molar-refractivity contribution in [1.82, 2.24) is 19.7 Å². The predicted octanol–water partition coefficient (Wildman–Crippen LogP) is 5.45. The molecule has 3 aromatic rings. The zero-order valence-corrected chi connectivity index (χ0v) is 16.5. The molecule has 0 fully saturated rings. The fourth-order valence-corrected chi connectivity index (χ4v) is 3.48. The summed E-state index contributed by atoms with van der Waals surface area (Å²) in [6.07, 6.45) is 0.176. The Hall–Kier alpha value is -2.55. The smallest absolute Gasteiger partial charge is 0.324 e. The lowest BCUT2D eigenvalue weighted by Gasteiger charge is -2.14. The van der Waals surface area contributed by atoms with Crippen molar-refractivity contribution in [1.29, 1.82) is 0 Å². The molecule has 0 radical (unpaired) electrons. The van der Waals surface area contributed by atoms with Crippen molar-refractivity contribution in [2.75, 3.05) is 11.1 Å². The second kappa shape index (κ2) is 8.22. The van der Waals surface area contributed by atoms with E-state index in [1.54, 1.807) is 18.8 Å². The Kier molecular flexibility index (Phi) is 5.93. The number of hydrogen-bond acceptors (Lipinski definition) is 5. The van der Waals surface area contributed by atoms with E-state index < -0.39 is 11.7 Å². The first kappa shape index (κ1) is 20.2. The minimum atomic E-state index is -4.56. The molecule has 0 aliphatic rings. The summed E-state index contributed by atoms with van der Waals surface area (Å²) in [4.78, 5) is 9.15. The molecule has 1 aromatic carbocycles. The molecule has 2 heterocycles. The van der Waals surface area contributed by atoms with Crippen LogP contribution in [0.4, 0.5) is 24.8 Å². The molecule has 0 unspecified atom stereocenters. The molecule has 0 saturated heterocycles. The molecule has 3 rings (SSSR count). The van der Waals surface area contributed by atoms with Gasteiger partial charge in [-0.1, -0.05) is 6.92 Å². The van der Waals surface area contributed by atoms with Crippen molar-refractivity contribution < 1.29 is 13.2 Å². The quantitative estimate of drug-likeness (QED) is 0.551. The van der Waals surface area contributed by atoms with Crippen LogP contribution in [0.25, 0.3) is 11.3 Å². The normalized spacial score (nSPS) is 11.6. The molecule has 9 heteroatoms. The van der Waals surface area contributed by atoms with E-state index >= 15 is 0 Å². The molecule has 0 spiro atoms. The maximum absolute atomic E-state index is 13.4. The van der Waals surface area contributed by atoms with Gasteiger partial charge < -0.3 is 5.32 Å². The van der Waals surface area contributed by atoms with Crippen LogP contribution in [0.15, 0.2) is 41.7 Å². The molecule has 0 saturated carbocycles. The SMILES string of the molecule is CCCSc1ccc(Nc2ncc(C(F)(F)F)c(-c3cnn(C)c3)n2)c(C)c1. The number of hydrogen-bond donors (Lipinski definition) is 1. The third-order valence-electron chi connectivity index (χ3n) is 3.99. The predicted molar refractivity (Wildman–Crippen MR) is 105 cm³/mol. The van der Waals surface area contributed by atoms with Crippen molar-refractivity contribution in [3.05, 3.63) is 47.9 Å². The van der Waals surface area contributed by atoms with Gasteiger partial charge >= 0.3 is 6.18 Å². The molecular formula is C19H20F3N5S. The van der Waals surface area contributed by atoms with Gasteiger partial charge in [0.05, 0.1) is 11.9 Å². The number of thioether (sulfide) groups is 1. The van der Waals surface area contributed by atoms with Gasteiger partial charge in [-0.05, 0) is 42.9 Å². The molecule has 0 aliphatic carbocycles. The monoisotopic (exact) mass is 407 g/mol. The number of nitrogens with one attached hydrogen (secondary N) is 1. The molecule has 0 amide bonds. The van der Waals surface area contributed by atoms with Crippen LogP contribution >= 0.6 is 11.8 Å². The van der Waals surface area contributed by atoms with Crippen LogP contribution in [-0.2, 0) is 13.2 Å². The van der Waals surface area contributed by atoms with Gasteiger partial charge in [0, 0.05) is 35.6 Å². The summed E-state index contributed by atoms with van der Waals surface area (Å²) >= 11 is 1.76. The van der Waals surface area contributed by atoms with Gasteiger partial charge in [0.1, 0.15) is 5.56 Å². The molecule has 5 nitrogen and oxygen atoms in total. The van der Waals surface area contributed by atoms with Crippen molar-refractivity contribution in [2.45, 2.75) is 31.3 Å². The summed E-state index contributed by atoms with van der Waals surface area (Å²) in [5.74, 6) is 1.13. The number of alkyl halides is 3. The minimum absolute atomic E-state index is 0.101. The summed E-state index contributed by atoms with van der Waals surface area (Å²) in [6.45, 7) is 4.06. The van der Waals surface area contributed by atoms with E-state index in [1.807, 2.05) is 25.1 Å². The summed E-state index contributed by atoms with van der Waals surface area (Å²) in [7, 11) is 1.64. The van der Waals surface area contributed by atoms with Gasteiger partial charge in [-0.2, -0.15) is 18.3 Å². The maximum Gasteiger partial charge on any atom is 0.419 e. The molecule has 0 bridgehead atoms. The standard InChI is InChI=1S/C19H20F3N5S/c1-4-7-28-14-5-6-16(12(2)8-14)25-18-23-10-15(19(20,21)22)17(26-18)13-9-24-27(3)11-13/h5-6,8-11H,4,7H2,1-3H3,(H,23,25,26). The van der Waals surface area contributed by atoms with Crippen molar-refractivity contribution in [2.24, 2.45) is 7.05 Å². The highest BCUT2D eigenvalue weighted by molar-refractivity contribution is 7.99. The zero-order chi connectivity index (χ0) is 20.3. The van der Waals surface area contributed by atoms with Gasteiger partial charge in [0.25, 0.3) is 0 Å². The number of rotatable bonds is 6. The highest BCUT2D eigenvalue weighted by Crippen LogP contribution is 2.36. The Morgan fingerprint density at radius 1 is 1.21 bits per heavy atom. The van der Waals surface area contributed by atoms with Crippen molar-refractivity contribution in [3.8, 4) is 11.3 Å². The Labute approximate surface area is 165 Å². The van der Waals surface area contributed by atoms with E-state index in [2.05, 4.69) is 27.3 Å². The summed E-state index contributed by atoms with van der Waals surface area (Å²) in [5, 5.41) is 6.97. The summed E-state index contributed by atoms with van der Waals surface area (Å²) in [6, 6.07) is 5.90. The highest BCUT2D eigenvalue weighted by Gasteiger charge is 2.35. The average Bonchev–Trinajstić information content (AvgIpc) is 3.07. The first-order valence-electron chi connectivity index (χ1n) is 8.71. The van der Waals surface area contributed by atoms with Gasteiger partial charge in [0.15, 0.2) is 0 Å². The molecule has 0 aliphatic heterocycles. The third kappa shape index (κ3) is 4.64. The second-order valence-corrected chi connectivity index (χ2v) is 7.47. The highest BCUT2D eigenvalue weighted by atomic mass is 32.2. The van der Waals surface area contributed by atoms with E-state index in [-0.39, 0.29) is 17.2 Å². The first-order valence-corrected chi connectivity index (χ1v) is 9.70. The zero-order valence-electron chi connectivity index (χ0n) is 15.7. The summed E-state index contributed by atoms with van der Waals surface area (Å²) < 4.78 is 41.6.